The van der Waals surface area contributed by atoms with E-state index in [-0.39, 0.29) is 30.1 Å². The van der Waals surface area contributed by atoms with Crippen LogP contribution in [0.3, 0.4) is 0 Å². The highest BCUT2D eigenvalue weighted by Gasteiger charge is 2.28. The Balaban J connectivity index is 1.39. The van der Waals surface area contributed by atoms with E-state index in [1.165, 1.54) is 12.1 Å². The molecule has 0 aliphatic carbocycles. The van der Waals surface area contributed by atoms with Crippen LogP contribution in [0.5, 0.6) is 0 Å². The molecule has 1 aromatic carbocycles. The number of rotatable bonds is 5. The molecule has 0 radical (unpaired) electrons. The second-order valence-corrected chi connectivity index (χ2v) is 7.28. The molecule has 1 aliphatic rings. The van der Waals surface area contributed by atoms with Crippen molar-refractivity contribution >= 4 is 5.91 Å². The van der Waals surface area contributed by atoms with Crippen molar-refractivity contribution in [1.82, 2.24) is 30.0 Å². The van der Waals surface area contributed by atoms with Gasteiger partial charge in [0.05, 0.1) is 18.7 Å². The molecule has 0 unspecified atom stereocenters. The summed E-state index contributed by atoms with van der Waals surface area (Å²) in [6.45, 7) is 5.19. The molecule has 0 bridgehead atoms. The maximum Gasteiger partial charge on any atom is 0.280 e. The molecule has 1 aliphatic heterocycles. The van der Waals surface area contributed by atoms with Crippen LogP contribution in [0.25, 0.3) is 11.6 Å². The fraction of sp³-hybridized carbons (Fsp3) is 0.421. The number of hydrogen-bond acceptors (Lipinski definition) is 6. The van der Waals surface area contributed by atoms with Gasteiger partial charge in [0.1, 0.15) is 5.82 Å². The number of hydrogen-bond donors (Lipinski definition) is 0. The average molecular weight is 384 g/mol. The smallest absolute Gasteiger partial charge is 0.280 e. The summed E-state index contributed by atoms with van der Waals surface area (Å²) in [5.41, 5.74) is 1.32. The molecule has 9 heteroatoms. The van der Waals surface area contributed by atoms with Gasteiger partial charge in [-0.2, -0.15) is 4.98 Å². The van der Waals surface area contributed by atoms with Crippen molar-refractivity contribution in [3.63, 3.8) is 0 Å². The van der Waals surface area contributed by atoms with Gasteiger partial charge in [-0.15, -0.1) is 5.10 Å². The molecule has 3 aromatic rings. The Morgan fingerprint density at radius 3 is 2.82 bits per heavy atom. The maximum atomic E-state index is 13.0. The second kappa shape index (κ2) is 7.49. The number of carbonyl (C=O) groups excluding carboxylic acids is 1. The highest BCUT2D eigenvalue weighted by Crippen LogP contribution is 2.24. The second-order valence-electron chi connectivity index (χ2n) is 7.28. The molecule has 1 atom stereocenters. The van der Waals surface area contributed by atoms with E-state index in [0.29, 0.717) is 30.5 Å². The number of likely N-dealkylation sites (tertiary alicyclic amines) is 1. The lowest BCUT2D eigenvalue weighted by Gasteiger charge is -2.16. The fourth-order valence-corrected chi connectivity index (χ4v) is 3.20. The average Bonchev–Trinajstić information content (AvgIpc) is 3.42. The minimum Gasteiger partial charge on any atom is -0.340 e. The van der Waals surface area contributed by atoms with Crippen LogP contribution in [-0.4, -0.2) is 49.0 Å². The molecule has 2 aromatic heterocycles. The van der Waals surface area contributed by atoms with Crippen LogP contribution in [0, 0.1) is 5.82 Å². The minimum absolute atomic E-state index is 0.0212. The zero-order chi connectivity index (χ0) is 19.7. The summed E-state index contributed by atoms with van der Waals surface area (Å²) >= 11 is 0. The zero-order valence-corrected chi connectivity index (χ0v) is 15.7. The quantitative estimate of drug-likeness (QED) is 0.672. The van der Waals surface area contributed by atoms with E-state index in [0.717, 1.165) is 12.0 Å². The fourth-order valence-electron chi connectivity index (χ4n) is 3.20. The van der Waals surface area contributed by atoms with Crippen LogP contribution in [0.4, 0.5) is 4.39 Å². The standard InChI is InChI=1S/C19H21FN6O2/c1-12(2)18-21-19(28-23-18)16-11-26(24-22-16)15-7-8-25(10-15)17(27)9-13-3-5-14(20)6-4-13/h3-6,11-12,15H,7-10H2,1-2H3/t15-/m0/s1. The summed E-state index contributed by atoms with van der Waals surface area (Å²) in [6.07, 6.45) is 2.82. The minimum atomic E-state index is -0.304. The first-order valence-corrected chi connectivity index (χ1v) is 9.27. The molecule has 1 saturated heterocycles. The Bertz CT molecular complexity index is 965. The number of amides is 1. The Kier molecular flexibility index (Phi) is 4.89. The van der Waals surface area contributed by atoms with Gasteiger partial charge in [0, 0.05) is 19.0 Å². The predicted molar refractivity (Wildman–Crippen MR) is 97.7 cm³/mol. The third kappa shape index (κ3) is 3.78. The van der Waals surface area contributed by atoms with Crippen LogP contribution in [0.2, 0.25) is 0 Å². The van der Waals surface area contributed by atoms with Crippen molar-refractivity contribution in [3.8, 4) is 11.6 Å². The monoisotopic (exact) mass is 384 g/mol. The van der Waals surface area contributed by atoms with Gasteiger partial charge in [-0.1, -0.05) is 36.4 Å². The Labute approximate surface area is 161 Å². The molecule has 28 heavy (non-hydrogen) atoms. The maximum absolute atomic E-state index is 13.0. The van der Waals surface area contributed by atoms with E-state index in [1.54, 1.807) is 27.9 Å². The Morgan fingerprint density at radius 1 is 1.32 bits per heavy atom. The molecule has 146 valence electrons. The summed E-state index contributed by atoms with van der Waals surface area (Å²) in [5, 5.41) is 12.2. The molecule has 8 nitrogen and oxygen atoms in total. The number of halogens is 1. The molecular formula is C19H21FN6O2. The van der Waals surface area contributed by atoms with E-state index < -0.39 is 0 Å². The SMILES string of the molecule is CC(C)c1noc(-c2cn([C@H]3CCN(C(=O)Cc4ccc(F)cc4)C3)nn2)n1. The van der Waals surface area contributed by atoms with Gasteiger partial charge in [0.15, 0.2) is 11.5 Å². The van der Waals surface area contributed by atoms with Crippen LogP contribution in [0.15, 0.2) is 35.0 Å². The van der Waals surface area contributed by atoms with Crippen LogP contribution >= 0.6 is 0 Å². The predicted octanol–water partition coefficient (Wildman–Crippen LogP) is 2.61. The van der Waals surface area contributed by atoms with Crippen LogP contribution in [0.1, 0.15) is 43.6 Å². The lowest BCUT2D eigenvalue weighted by molar-refractivity contribution is -0.129. The van der Waals surface area contributed by atoms with E-state index >= 15 is 0 Å². The van der Waals surface area contributed by atoms with Crippen LogP contribution < -0.4 is 0 Å². The largest absolute Gasteiger partial charge is 0.340 e. The first-order chi connectivity index (χ1) is 13.5. The highest BCUT2D eigenvalue weighted by atomic mass is 19.1. The number of aromatic nitrogens is 5. The van der Waals surface area contributed by atoms with Gasteiger partial charge in [-0.3, -0.25) is 4.79 Å². The lowest BCUT2D eigenvalue weighted by Crippen LogP contribution is -2.30. The van der Waals surface area contributed by atoms with Crippen molar-refractivity contribution in [2.75, 3.05) is 13.1 Å². The molecule has 3 heterocycles. The number of carbonyl (C=O) groups is 1. The molecule has 4 rings (SSSR count). The van der Waals surface area contributed by atoms with Gasteiger partial charge < -0.3 is 9.42 Å². The zero-order valence-electron chi connectivity index (χ0n) is 15.7. The summed E-state index contributed by atoms with van der Waals surface area (Å²) < 4.78 is 20.0. The topological polar surface area (TPSA) is 89.9 Å². The molecule has 1 fully saturated rings. The van der Waals surface area contributed by atoms with Gasteiger partial charge in [-0.25, -0.2) is 9.07 Å². The number of nitrogens with zero attached hydrogens (tertiary/aromatic N) is 6. The van der Waals surface area contributed by atoms with Gasteiger partial charge >= 0.3 is 0 Å². The molecular weight excluding hydrogens is 363 g/mol. The Hall–Kier alpha value is -3.10. The van der Waals surface area contributed by atoms with E-state index in [4.69, 9.17) is 4.52 Å². The third-order valence-corrected chi connectivity index (χ3v) is 4.85. The van der Waals surface area contributed by atoms with E-state index in [2.05, 4.69) is 20.5 Å². The van der Waals surface area contributed by atoms with Crippen molar-refractivity contribution in [3.05, 3.63) is 47.7 Å². The van der Waals surface area contributed by atoms with Gasteiger partial charge in [0.25, 0.3) is 5.89 Å². The molecule has 0 N–H and O–H groups in total. The summed E-state index contributed by atoms with van der Waals surface area (Å²) in [7, 11) is 0. The molecule has 1 amide bonds. The van der Waals surface area contributed by atoms with Gasteiger partial charge in [-0.05, 0) is 24.1 Å². The van der Waals surface area contributed by atoms with Crippen molar-refractivity contribution < 1.29 is 13.7 Å². The summed E-state index contributed by atoms with van der Waals surface area (Å²) in [5.74, 6) is 0.859. The first kappa shape index (κ1) is 18.3. The van der Waals surface area contributed by atoms with Crippen LogP contribution in [-0.2, 0) is 11.2 Å². The van der Waals surface area contributed by atoms with Crippen molar-refractivity contribution in [2.24, 2.45) is 0 Å². The normalized spacial score (nSPS) is 16.9. The summed E-state index contributed by atoms with van der Waals surface area (Å²) in [4.78, 5) is 18.7. The Morgan fingerprint density at radius 2 is 2.11 bits per heavy atom. The summed E-state index contributed by atoms with van der Waals surface area (Å²) in [6, 6.07) is 6.06. The number of benzene rings is 1. The third-order valence-electron chi connectivity index (χ3n) is 4.85. The lowest BCUT2D eigenvalue weighted by atomic mass is 10.1. The van der Waals surface area contributed by atoms with E-state index in [9.17, 15) is 9.18 Å². The molecule has 0 saturated carbocycles. The van der Waals surface area contributed by atoms with Gasteiger partial charge in [0.2, 0.25) is 5.91 Å². The highest BCUT2D eigenvalue weighted by molar-refractivity contribution is 5.79. The first-order valence-electron chi connectivity index (χ1n) is 9.27. The van der Waals surface area contributed by atoms with Crippen molar-refractivity contribution in [1.29, 1.82) is 0 Å². The molecule has 0 spiro atoms. The van der Waals surface area contributed by atoms with Crippen molar-refractivity contribution in [2.45, 2.75) is 38.6 Å². The van der Waals surface area contributed by atoms with E-state index in [1.807, 2.05) is 13.8 Å².